The first kappa shape index (κ1) is 21.3. The average molecular weight is 409 g/mol. The predicted molar refractivity (Wildman–Crippen MR) is 109 cm³/mol. The summed E-state index contributed by atoms with van der Waals surface area (Å²) in [6.45, 7) is 6.38. The molecule has 0 radical (unpaired) electrons. The fraction of sp³-hybridized carbons (Fsp3) is 0.667. The quantitative estimate of drug-likeness (QED) is 0.785. The summed E-state index contributed by atoms with van der Waals surface area (Å²) in [7, 11) is -1.89. The van der Waals surface area contributed by atoms with Gasteiger partial charge in [-0.2, -0.15) is 0 Å². The number of nitrogens with one attached hydrogen (secondary N) is 1. The SMILES string of the molecule is COC1CC2CCC(C1)N2C(=O)CCNS(=O)(=O)c1ccc(C(C)(C)C)cc1. The Morgan fingerprint density at radius 2 is 1.71 bits per heavy atom. The second-order valence-electron chi connectivity index (χ2n) is 8.94. The van der Waals surface area contributed by atoms with E-state index in [-0.39, 0.29) is 47.4 Å². The summed E-state index contributed by atoms with van der Waals surface area (Å²) in [5.74, 6) is 0.0350. The van der Waals surface area contributed by atoms with Crippen molar-refractivity contribution in [3.8, 4) is 0 Å². The second-order valence-corrected chi connectivity index (χ2v) is 10.7. The summed E-state index contributed by atoms with van der Waals surface area (Å²) in [6, 6.07) is 7.41. The lowest BCUT2D eigenvalue weighted by atomic mass is 9.87. The second kappa shape index (κ2) is 8.13. The molecule has 6 nitrogen and oxygen atoms in total. The minimum Gasteiger partial charge on any atom is -0.381 e. The van der Waals surface area contributed by atoms with Crippen LogP contribution in [-0.4, -0.2) is 51.1 Å². The highest BCUT2D eigenvalue weighted by Gasteiger charge is 2.42. The molecule has 2 fully saturated rings. The summed E-state index contributed by atoms with van der Waals surface area (Å²) >= 11 is 0. The van der Waals surface area contributed by atoms with Crippen LogP contribution in [0.25, 0.3) is 0 Å². The van der Waals surface area contributed by atoms with E-state index in [0.29, 0.717) is 0 Å². The number of sulfonamides is 1. The zero-order valence-corrected chi connectivity index (χ0v) is 18.1. The zero-order valence-electron chi connectivity index (χ0n) is 17.3. The van der Waals surface area contributed by atoms with E-state index in [2.05, 4.69) is 25.5 Å². The minimum absolute atomic E-state index is 0.0300. The van der Waals surface area contributed by atoms with Crippen LogP contribution < -0.4 is 4.72 Å². The molecule has 0 saturated carbocycles. The molecule has 156 valence electrons. The van der Waals surface area contributed by atoms with Crippen molar-refractivity contribution in [2.75, 3.05) is 13.7 Å². The van der Waals surface area contributed by atoms with Crippen molar-refractivity contribution >= 4 is 15.9 Å². The van der Waals surface area contributed by atoms with Gasteiger partial charge in [0.05, 0.1) is 11.0 Å². The van der Waals surface area contributed by atoms with Crippen molar-refractivity contribution in [3.05, 3.63) is 29.8 Å². The Hall–Kier alpha value is -1.44. The highest BCUT2D eigenvalue weighted by molar-refractivity contribution is 7.89. The molecule has 2 bridgehead atoms. The first-order chi connectivity index (χ1) is 13.1. The van der Waals surface area contributed by atoms with E-state index in [1.54, 1.807) is 19.2 Å². The molecule has 7 heteroatoms. The van der Waals surface area contributed by atoms with Crippen molar-refractivity contribution in [1.82, 2.24) is 9.62 Å². The van der Waals surface area contributed by atoms with Gasteiger partial charge in [-0.25, -0.2) is 13.1 Å². The van der Waals surface area contributed by atoms with Crippen molar-refractivity contribution < 1.29 is 17.9 Å². The third-order valence-electron chi connectivity index (χ3n) is 5.97. The summed E-state index contributed by atoms with van der Waals surface area (Å²) in [4.78, 5) is 14.9. The standard InChI is InChI=1S/C21H32N2O4S/c1-21(2,3)15-5-9-19(10-6-15)28(25,26)22-12-11-20(24)23-16-7-8-17(23)14-18(13-16)27-4/h5-6,9-10,16-18,22H,7-8,11-14H2,1-4H3. The third-order valence-corrected chi connectivity index (χ3v) is 7.45. The number of hydrogen-bond donors (Lipinski definition) is 1. The van der Waals surface area contributed by atoms with Crippen LogP contribution in [0.5, 0.6) is 0 Å². The molecule has 2 heterocycles. The van der Waals surface area contributed by atoms with Gasteiger partial charge in [-0.3, -0.25) is 4.79 Å². The highest BCUT2D eigenvalue weighted by atomic mass is 32.2. The molecule has 1 aromatic carbocycles. The Balaban J connectivity index is 1.55. The van der Waals surface area contributed by atoms with E-state index in [1.807, 2.05) is 17.0 Å². The lowest BCUT2D eigenvalue weighted by molar-refractivity contribution is -0.137. The molecule has 2 saturated heterocycles. The molecule has 0 aromatic heterocycles. The van der Waals surface area contributed by atoms with Crippen molar-refractivity contribution in [1.29, 1.82) is 0 Å². The van der Waals surface area contributed by atoms with Crippen molar-refractivity contribution in [2.24, 2.45) is 0 Å². The number of fused-ring (bicyclic) bond motifs is 2. The van der Waals surface area contributed by atoms with Crippen LogP contribution in [-0.2, 0) is 25.0 Å². The van der Waals surface area contributed by atoms with Crippen molar-refractivity contribution in [3.63, 3.8) is 0 Å². The van der Waals surface area contributed by atoms with Crippen LogP contribution in [0.15, 0.2) is 29.2 Å². The molecule has 28 heavy (non-hydrogen) atoms. The molecule has 1 aromatic rings. The van der Waals surface area contributed by atoms with Crippen LogP contribution >= 0.6 is 0 Å². The van der Waals surface area contributed by atoms with E-state index in [0.717, 1.165) is 31.2 Å². The summed E-state index contributed by atoms with van der Waals surface area (Å²) in [5.41, 5.74) is 1.05. The normalized spacial score (nSPS) is 25.1. The Bertz CT molecular complexity index is 785. The number of amides is 1. The molecular formula is C21H32N2O4S. The van der Waals surface area contributed by atoms with Crippen LogP contribution in [0.2, 0.25) is 0 Å². The van der Waals surface area contributed by atoms with Gasteiger partial charge in [0.15, 0.2) is 0 Å². The van der Waals surface area contributed by atoms with Gasteiger partial charge >= 0.3 is 0 Å². The van der Waals surface area contributed by atoms with E-state index in [9.17, 15) is 13.2 Å². The van der Waals surface area contributed by atoms with Crippen LogP contribution in [0.3, 0.4) is 0 Å². The largest absolute Gasteiger partial charge is 0.381 e. The van der Waals surface area contributed by atoms with Gasteiger partial charge in [-0.05, 0) is 48.8 Å². The van der Waals surface area contributed by atoms with Gasteiger partial charge in [-0.1, -0.05) is 32.9 Å². The highest BCUT2D eigenvalue weighted by Crippen LogP contribution is 2.37. The summed E-state index contributed by atoms with van der Waals surface area (Å²) < 4.78 is 33.1. The number of carbonyl (C=O) groups excluding carboxylic acids is 1. The number of hydrogen-bond acceptors (Lipinski definition) is 4. The molecule has 2 atom stereocenters. The predicted octanol–water partition coefficient (Wildman–Crippen LogP) is 2.82. The molecule has 0 spiro atoms. The van der Waals surface area contributed by atoms with Crippen LogP contribution in [0, 0.1) is 0 Å². The molecule has 1 N–H and O–H groups in total. The lowest BCUT2D eigenvalue weighted by Gasteiger charge is -2.38. The lowest BCUT2D eigenvalue weighted by Crippen LogP contribution is -2.49. The first-order valence-corrected chi connectivity index (χ1v) is 11.5. The van der Waals surface area contributed by atoms with Gasteiger partial charge in [0, 0.05) is 32.2 Å². The molecule has 2 aliphatic heterocycles. The Morgan fingerprint density at radius 1 is 1.14 bits per heavy atom. The zero-order chi connectivity index (χ0) is 20.5. The van der Waals surface area contributed by atoms with E-state index >= 15 is 0 Å². The Kier molecular flexibility index (Phi) is 6.17. The smallest absolute Gasteiger partial charge is 0.240 e. The topological polar surface area (TPSA) is 75.7 Å². The molecule has 3 rings (SSSR count). The fourth-order valence-electron chi connectivity index (χ4n) is 4.37. The number of piperidine rings is 1. The number of nitrogens with zero attached hydrogens (tertiary/aromatic N) is 1. The molecule has 2 unspecified atom stereocenters. The molecule has 1 amide bonds. The number of benzene rings is 1. The number of carbonyl (C=O) groups is 1. The first-order valence-electron chi connectivity index (χ1n) is 10.1. The van der Waals surface area contributed by atoms with E-state index in [1.165, 1.54) is 0 Å². The van der Waals surface area contributed by atoms with Gasteiger partial charge in [-0.15, -0.1) is 0 Å². The maximum atomic E-state index is 12.7. The Morgan fingerprint density at radius 3 is 2.21 bits per heavy atom. The third kappa shape index (κ3) is 4.58. The van der Waals surface area contributed by atoms with Gasteiger partial charge in [0.2, 0.25) is 15.9 Å². The van der Waals surface area contributed by atoms with Gasteiger partial charge in [0.1, 0.15) is 0 Å². The fourth-order valence-corrected chi connectivity index (χ4v) is 5.40. The number of ether oxygens (including phenoxy) is 1. The number of methoxy groups -OCH3 is 1. The van der Waals surface area contributed by atoms with Crippen molar-refractivity contribution in [2.45, 2.75) is 81.4 Å². The van der Waals surface area contributed by atoms with E-state index < -0.39 is 10.0 Å². The molecule has 2 aliphatic rings. The molecule has 0 aliphatic carbocycles. The van der Waals surface area contributed by atoms with E-state index in [4.69, 9.17) is 4.74 Å². The maximum Gasteiger partial charge on any atom is 0.240 e. The van der Waals surface area contributed by atoms with Crippen LogP contribution in [0.1, 0.15) is 58.4 Å². The minimum atomic E-state index is -3.61. The van der Waals surface area contributed by atoms with Crippen LogP contribution in [0.4, 0.5) is 0 Å². The summed E-state index contributed by atoms with van der Waals surface area (Å²) in [5, 5.41) is 0. The molecular weight excluding hydrogens is 376 g/mol. The van der Waals surface area contributed by atoms with Gasteiger partial charge < -0.3 is 9.64 Å². The average Bonchev–Trinajstić information content (AvgIpc) is 2.91. The summed E-state index contributed by atoms with van der Waals surface area (Å²) in [6.07, 6.45) is 4.21. The monoisotopic (exact) mass is 408 g/mol. The maximum absolute atomic E-state index is 12.7. The van der Waals surface area contributed by atoms with Gasteiger partial charge in [0.25, 0.3) is 0 Å². The number of rotatable bonds is 6. The Labute approximate surface area is 168 Å².